The molecule has 0 spiro atoms. The lowest BCUT2D eigenvalue weighted by Crippen LogP contribution is -2.30. The molecule has 0 aliphatic heterocycles. The number of methoxy groups -OCH3 is 2. The minimum atomic E-state index is -0.324. The number of hydrogen-bond donors (Lipinski definition) is 1. The first-order valence-electron chi connectivity index (χ1n) is 8.96. The van der Waals surface area contributed by atoms with Crippen LogP contribution in [0.15, 0.2) is 60.0 Å². The van der Waals surface area contributed by atoms with Crippen LogP contribution in [0.25, 0.3) is 5.69 Å². The van der Waals surface area contributed by atoms with Gasteiger partial charge in [0, 0.05) is 29.6 Å². The van der Waals surface area contributed by atoms with Crippen molar-refractivity contribution in [3.05, 3.63) is 65.4 Å². The molecule has 0 fully saturated rings. The Labute approximate surface area is 179 Å². The van der Waals surface area contributed by atoms with Crippen LogP contribution in [-0.4, -0.2) is 34.9 Å². The Hall–Kier alpha value is -2.64. The maximum Gasteiger partial charge on any atom is 0.233 e. The first-order valence-corrected chi connectivity index (χ1v) is 10.2. The van der Waals surface area contributed by atoms with E-state index < -0.39 is 0 Å². The molecule has 0 saturated heterocycles. The lowest BCUT2D eigenvalue weighted by atomic mass is 10.2. The van der Waals surface area contributed by atoms with Crippen LogP contribution >= 0.6 is 23.4 Å². The van der Waals surface area contributed by atoms with Gasteiger partial charge in [0.05, 0.1) is 19.5 Å². The van der Waals surface area contributed by atoms with E-state index in [-0.39, 0.29) is 11.2 Å². The van der Waals surface area contributed by atoms with Crippen LogP contribution < -0.4 is 14.8 Å². The molecule has 8 heteroatoms. The molecule has 1 heterocycles. The molecule has 29 heavy (non-hydrogen) atoms. The molecule has 6 nitrogen and oxygen atoms in total. The maximum atomic E-state index is 12.6. The van der Waals surface area contributed by atoms with Crippen molar-refractivity contribution >= 4 is 29.3 Å². The summed E-state index contributed by atoms with van der Waals surface area (Å²) < 4.78 is 12.4. The van der Waals surface area contributed by atoms with E-state index in [1.807, 2.05) is 60.2 Å². The Bertz CT molecular complexity index is 993. The predicted octanol–water partition coefficient (Wildman–Crippen LogP) is 4.34. The van der Waals surface area contributed by atoms with Gasteiger partial charge in [-0.15, -0.1) is 0 Å². The van der Waals surface area contributed by atoms with Crippen LogP contribution in [-0.2, 0) is 11.3 Å². The van der Waals surface area contributed by atoms with E-state index in [0.29, 0.717) is 23.1 Å². The molecule has 3 rings (SSSR count). The van der Waals surface area contributed by atoms with E-state index in [0.717, 1.165) is 16.4 Å². The molecule has 1 N–H and O–H groups in total. The molecule has 3 aromatic rings. The summed E-state index contributed by atoms with van der Waals surface area (Å²) in [7, 11) is 3.17. The first kappa shape index (κ1) is 21.1. The van der Waals surface area contributed by atoms with Crippen molar-refractivity contribution in [3.8, 4) is 17.2 Å². The summed E-state index contributed by atoms with van der Waals surface area (Å²) in [4.78, 5) is 17.0. The lowest BCUT2D eigenvalue weighted by molar-refractivity contribution is -0.120. The third-order valence-corrected chi connectivity index (χ3v) is 5.57. The molecule has 1 atom stereocenters. The number of thioether (sulfide) groups is 1. The van der Waals surface area contributed by atoms with Gasteiger partial charge >= 0.3 is 0 Å². The number of amides is 1. The SMILES string of the molecule is COc1ccc(CNC(=O)C(C)Sc2nccn2-c2cccc(Cl)c2)cc1OC. The van der Waals surface area contributed by atoms with Crippen LogP contribution in [0.1, 0.15) is 12.5 Å². The van der Waals surface area contributed by atoms with E-state index in [4.69, 9.17) is 21.1 Å². The molecule has 0 radical (unpaired) electrons. The van der Waals surface area contributed by atoms with Crippen LogP contribution in [0.3, 0.4) is 0 Å². The molecule has 1 aromatic heterocycles. The van der Waals surface area contributed by atoms with Crippen molar-refractivity contribution in [1.82, 2.24) is 14.9 Å². The van der Waals surface area contributed by atoms with Crippen LogP contribution in [0, 0.1) is 0 Å². The zero-order valence-corrected chi connectivity index (χ0v) is 18.0. The average Bonchev–Trinajstić information content (AvgIpc) is 3.19. The van der Waals surface area contributed by atoms with Gasteiger partial charge in [0.25, 0.3) is 0 Å². The van der Waals surface area contributed by atoms with E-state index in [1.165, 1.54) is 11.8 Å². The largest absolute Gasteiger partial charge is 0.493 e. The van der Waals surface area contributed by atoms with Crippen LogP contribution in [0.4, 0.5) is 0 Å². The highest BCUT2D eigenvalue weighted by molar-refractivity contribution is 8.00. The molecular weight excluding hydrogens is 410 g/mol. The van der Waals surface area contributed by atoms with Gasteiger partial charge in [-0.05, 0) is 42.8 Å². The van der Waals surface area contributed by atoms with Crippen LogP contribution in [0.2, 0.25) is 5.02 Å². The zero-order chi connectivity index (χ0) is 20.8. The van der Waals surface area contributed by atoms with Gasteiger partial charge in [0.1, 0.15) is 0 Å². The Kier molecular flexibility index (Phi) is 7.06. The normalized spacial score (nSPS) is 11.7. The maximum absolute atomic E-state index is 12.6. The quantitative estimate of drug-likeness (QED) is 0.537. The van der Waals surface area contributed by atoms with Gasteiger partial charge < -0.3 is 14.8 Å². The number of ether oxygens (including phenoxy) is 2. The number of carbonyl (C=O) groups is 1. The molecule has 152 valence electrons. The molecule has 0 aliphatic rings. The van der Waals surface area contributed by atoms with Gasteiger partial charge in [-0.25, -0.2) is 4.98 Å². The van der Waals surface area contributed by atoms with Gasteiger partial charge in [0.2, 0.25) is 5.91 Å². The summed E-state index contributed by atoms with van der Waals surface area (Å²) in [5.74, 6) is 1.20. The van der Waals surface area contributed by atoms with Crippen LogP contribution in [0.5, 0.6) is 11.5 Å². The molecule has 1 amide bonds. The number of benzene rings is 2. The van der Waals surface area contributed by atoms with Crippen molar-refractivity contribution in [2.75, 3.05) is 14.2 Å². The second kappa shape index (κ2) is 9.71. The number of hydrogen-bond acceptors (Lipinski definition) is 5. The molecule has 0 aliphatic carbocycles. The minimum absolute atomic E-state index is 0.0783. The van der Waals surface area contributed by atoms with Gasteiger partial charge in [-0.1, -0.05) is 35.5 Å². The standard InChI is InChI=1S/C21H22ClN3O3S/c1-14(20(26)24-13-15-7-8-18(27-2)19(11-15)28-3)29-21-23-9-10-25(21)17-6-4-5-16(22)12-17/h4-12,14H,13H2,1-3H3,(H,24,26). The number of nitrogens with one attached hydrogen (secondary N) is 1. The van der Waals surface area contributed by atoms with Crippen molar-refractivity contribution in [1.29, 1.82) is 0 Å². The fraction of sp³-hybridized carbons (Fsp3) is 0.238. The smallest absolute Gasteiger partial charge is 0.233 e. The summed E-state index contributed by atoms with van der Waals surface area (Å²) in [6.45, 7) is 2.25. The number of rotatable bonds is 8. The molecule has 0 bridgehead atoms. The van der Waals surface area contributed by atoms with Crippen molar-refractivity contribution in [2.45, 2.75) is 23.9 Å². The topological polar surface area (TPSA) is 65.4 Å². The van der Waals surface area contributed by atoms with Gasteiger partial charge in [-0.3, -0.25) is 9.36 Å². The van der Waals surface area contributed by atoms with E-state index in [2.05, 4.69) is 10.3 Å². The van der Waals surface area contributed by atoms with Crippen molar-refractivity contribution in [3.63, 3.8) is 0 Å². The monoisotopic (exact) mass is 431 g/mol. The van der Waals surface area contributed by atoms with E-state index >= 15 is 0 Å². The Morgan fingerprint density at radius 2 is 2.00 bits per heavy atom. The second-order valence-electron chi connectivity index (χ2n) is 6.23. The first-order chi connectivity index (χ1) is 14.0. The third-order valence-electron chi connectivity index (χ3n) is 4.26. The third kappa shape index (κ3) is 5.25. The summed E-state index contributed by atoms with van der Waals surface area (Å²) in [6, 6.07) is 13.1. The van der Waals surface area contributed by atoms with Gasteiger partial charge in [0.15, 0.2) is 16.7 Å². The summed E-state index contributed by atoms with van der Waals surface area (Å²) in [5.41, 5.74) is 1.82. The fourth-order valence-corrected chi connectivity index (χ4v) is 3.83. The predicted molar refractivity (Wildman–Crippen MR) is 115 cm³/mol. The Morgan fingerprint density at radius 3 is 2.72 bits per heavy atom. The minimum Gasteiger partial charge on any atom is -0.493 e. The highest BCUT2D eigenvalue weighted by atomic mass is 35.5. The summed E-state index contributed by atoms with van der Waals surface area (Å²) >= 11 is 7.48. The lowest BCUT2D eigenvalue weighted by Gasteiger charge is -2.14. The Morgan fingerprint density at radius 1 is 1.21 bits per heavy atom. The number of carbonyl (C=O) groups excluding carboxylic acids is 1. The molecule has 1 unspecified atom stereocenters. The number of aromatic nitrogens is 2. The molecular formula is C21H22ClN3O3S. The average molecular weight is 432 g/mol. The summed E-state index contributed by atoms with van der Waals surface area (Å²) in [6.07, 6.45) is 3.56. The van der Waals surface area contributed by atoms with E-state index in [1.54, 1.807) is 20.4 Å². The van der Waals surface area contributed by atoms with E-state index in [9.17, 15) is 4.79 Å². The highest BCUT2D eigenvalue weighted by Gasteiger charge is 2.18. The molecule has 0 saturated carbocycles. The summed E-state index contributed by atoms with van der Waals surface area (Å²) in [5, 5.41) is 4.00. The number of halogens is 1. The zero-order valence-electron chi connectivity index (χ0n) is 16.4. The number of nitrogens with zero attached hydrogens (tertiary/aromatic N) is 2. The second-order valence-corrected chi connectivity index (χ2v) is 7.97. The number of imidazole rings is 1. The van der Waals surface area contributed by atoms with Gasteiger partial charge in [-0.2, -0.15) is 0 Å². The molecule has 2 aromatic carbocycles. The highest BCUT2D eigenvalue weighted by Crippen LogP contribution is 2.28. The Balaban J connectivity index is 1.63. The van der Waals surface area contributed by atoms with Crippen molar-refractivity contribution in [2.24, 2.45) is 0 Å². The van der Waals surface area contributed by atoms with Crippen molar-refractivity contribution < 1.29 is 14.3 Å². The fourth-order valence-electron chi connectivity index (χ4n) is 2.73.